The van der Waals surface area contributed by atoms with Crippen molar-refractivity contribution in [2.45, 2.75) is 36.1 Å². The van der Waals surface area contributed by atoms with Gasteiger partial charge in [-0.25, -0.2) is 0 Å². The fourth-order valence-corrected chi connectivity index (χ4v) is 3.55. The van der Waals surface area contributed by atoms with Crippen molar-refractivity contribution >= 4 is 40.0 Å². The van der Waals surface area contributed by atoms with Crippen LogP contribution in [0.2, 0.25) is 0 Å². The molecule has 1 aromatic rings. The van der Waals surface area contributed by atoms with Gasteiger partial charge < -0.3 is 5.32 Å². The highest BCUT2D eigenvalue weighted by molar-refractivity contribution is 8.01. The Labute approximate surface area is 119 Å². The first-order valence-electron chi connectivity index (χ1n) is 6.28. The Kier molecular flexibility index (Phi) is 3.69. The van der Waals surface area contributed by atoms with Crippen LogP contribution in [0.4, 0.5) is 5.13 Å². The van der Waals surface area contributed by atoms with E-state index in [1.165, 1.54) is 40.8 Å². The molecule has 6 nitrogen and oxygen atoms in total. The Bertz CT molecular complexity index is 501. The number of amides is 2. The third-order valence-electron chi connectivity index (χ3n) is 3.00. The first kappa shape index (κ1) is 12.9. The van der Waals surface area contributed by atoms with Crippen molar-refractivity contribution in [3.05, 3.63) is 0 Å². The molecule has 2 fully saturated rings. The third-order valence-corrected chi connectivity index (χ3v) is 4.98. The molecular weight excluding hydrogens is 284 g/mol. The minimum atomic E-state index is -0.126. The van der Waals surface area contributed by atoms with E-state index < -0.39 is 0 Å². The Morgan fingerprint density at radius 3 is 3.00 bits per heavy atom. The van der Waals surface area contributed by atoms with Crippen molar-refractivity contribution in [3.63, 3.8) is 0 Å². The molecule has 1 saturated heterocycles. The predicted octanol–water partition coefficient (Wildman–Crippen LogP) is 1.35. The van der Waals surface area contributed by atoms with E-state index in [2.05, 4.69) is 15.5 Å². The SMILES string of the molecule is O=C1CCCN1C(=O)CSc1nnc(NC2CC2)s1. The minimum absolute atomic E-state index is 0.0565. The fourth-order valence-electron chi connectivity index (χ4n) is 1.84. The third kappa shape index (κ3) is 3.24. The maximum Gasteiger partial charge on any atom is 0.239 e. The number of nitrogens with one attached hydrogen (secondary N) is 1. The Morgan fingerprint density at radius 1 is 1.47 bits per heavy atom. The van der Waals surface area contributed by atoms with Gasteiger partial charge in [0.15, 0.2) is 4.34 Å². The molecule has 2 aliphatic rings. The Balaban J connectivity index is 1.49. The molecule has 2 heterocycles. The van der Waals surface area contributed by atoms with Crippen LogP contribution in [0.5, 0.6) is 0 Å². The van der Waals surface area contributed by atoms with Gasteiger partial charge in [0, 0.05) is 19.0 Å². The quantitative estimate of drug-likeness (QED) is 0.827. The van der Waals surface area contributed by atoms with Crippen LogP contribution in [-0.2, 0) is 9.59 Å². The van der Waals surface area contributed by atoms with Crippen LogP contribution in [0.1, 0.15) is 25.7 Å². The average molecular weight is 298 g/mol. The topological polar surface area (TPSA) is 75.2 Å². The number of likely N-dealkylation sites (tertiary alicyclic amines) is 1. The van der Waals surface area contributed by atoms with Gasteiger partial charge in [-0.1, -0.05) is 23.1 Å². The van der Waals surface area contributed by atoms with Crippen LogP contribution in [0.15, 0.2) is 4.34 Å². The highest BCUT2D eigenvalue weighted by atomic mass is 32.2. The van der Waals surface area contributed by atoms with Gasteiger partial charge in [-0.05, 0) is 19.3 Å². The Hall–Kier alpha value is -1.15. The molecule has 0 aromatic carbocycles. The lowest BCUT2D eigenvalue weighted by Gasteiger charge is -2.11. The normalized spacial score (nSPS) is 18.9. The van der Waals surface area contributed by atoms with Crippen molar-refractivity contribution in [2.24, 2.45) is 0 Å². The number of hydrogen-bond donors (Lipinski definition) is 1. The number of nitrogens with zero attached hydrogens (tertiary/aromatic N) is 3. The summed E-state index contributed by atoms with van der Waals surface area (Å²) in [5.74, 6) is 0.0717. The van der Waals surface area contributed by atoms with Crippen LogP contribution in [0.25, 0.3) is 0 Å². The number of carbonyl (C=O) groups excluding carboxylic acids is 2. The van der Waals surface area contributed by atoms with E-state index in [1.54, 1.807) is 0 Å². The first-order valence-corrected chi connectivity index (χ1v) is 8.08. The van der Waals surface area contributed by atoms with E-state index in [-0.39, 0.29) is 17.6 Å². The summed E-state index contributed by atoms with van der Waals surface area (Å²) >= 11 is 2.81. The molecule has 1 aromatic heterocycles. The summed E-state index contributed by atoms with van der Waals surface area (Å²) in [6.45, 7) is 0.558. The minimum Gasteiger partial charge on any atom is -0.357 e. The summed E-state index contributed by atoms with van der Waals surface area (Å²) in [4.78, 5) is 24.6. The summed E-state index contributed by atoms with van der Waals surface area (Å²) in [5.41, 5.74) is 0. The molecule has 19 heavy (non-hydrogen) atoms. The van der Waals surface area contributed by atoms with Crippen molar-refractivity contribution in [3.8, 4) is 0 Å². The van der Waals surface area contributed by atoms with E-state index in [9.17, 15) is 9.59 Å². The highest BCUT2D eigenvalue weighted by Gasteiger charge is 2.26. The molecule has 1 aliphatic carbocycles. The lowest BCUT2D eigenvalue weighted by atomic mass is 10.4. The molecule has 0 atom stereocenters. The van der Waals surface area contributed by atoms with Crippen molar-refractivity contribution in [2.75, 3.05) is 17.6 Å². The summed E-state index contributed by atoms with van der Waals surface area (Å²) in [6.07, 6.45) is 3.66. The van der Waals surface area contributed by atoms with Crippen LogP contribution in [0.3, 0.4) is 0 Å². The van der Waals surface area contributed by atoms with Gasteiger partial charge in [0.2, 0.25) is 16.9 Å². The summed E-state index contributed by atoms with van der Waals surface area (Å²) < 4.78 is 0.767. The van der Waals surface area contributed by atoms with Gasteiger partial charge in [0.05, 0.1) is 5.75 Å². The van der Waals surface area contributed by atoms with Gasteiger partial charge in [0.1, 0.15) is 0 Å². The molecule has 102 valence electrons. The molecule has 1 aliphatic heterocycles. The number of carbonyl (C=O) groups is 2. The van der Waals surface area contributed by atoms with Crippen molar-refractivity contribution in [1.29, 1.82) is 0 Å². The van der Waals surface area contributed by atoms with Crippen molar-refractivity contribution in [1.82, 2.24) is 15.1 Å². The summed E-state index contributed by atoms with van der Waals surface area (Å²) in [7, 11) is 0. The van der Waals surface area contributed by atoms with Crippen LogP contribution >= 0.6 is 23.1 Å². The number of imide groups is 1. The zero-order valence-corrected chi connectivity index (χ0v) is 11.9. The lowest BCUT2D eigenvalue weighted by Crippen LogP contribution is -2.33. The summed E-state index contributed by atoms with van der Waals surface area (Å²) in [5, 5.41) is 12.1. The number of rotatable bonds is 5. The van der Waals surface area contributed by atoms with E-state index in [1.807, 2.05) is 0 Å². The molecular formula is C11H14N4O2S2. The van der Waals surface area contributed by atoms with Crippen molar-refractivity contribution < 1.29 is 9.59 Å². The molecule has 2 amide bonds. The second-order valence-electron chi connectivity index (χ2n) is 4.62. The second-order valence-corrected chi connectivity index (χ2v) is 6.82. The second kappa shape index (κ2) is 5.46. The molecule has 1 saturated carbocycles. The zero-order chi connectivity index (χ0) is 13.2. The van der Waals surface area contributed by atoms with Crippen LogP contribution in [-0.4, -0.2) is 45.3 Å². The average Bonchev–Trinajstić information content (AvgIpc) is 2.91. The van der Waals surface area contributed by atoms with Gasteiger partial charge in [-0.3, -0.25) is 14.5 Å². The number of anilines is 1. The molecule has 0 radical (unpaired) electrons. The van der Waals surface area contributed by atoms with E-state index in [4.69, 9.17) is 0 Å². The predicted molar refractivity (Wildman–Crippen MR) is 73.2 cm³/mol. The number of aromatic nitrogens is 2. The van der Waals surface area contributed by atoms with Gasteiger partial charge in [-0.2, -0.15) is 0 Å². The fraction of sp³-hybridized carbons (Fsp3) is 0.636. The maximum atomic E-state index is 11.8. The van der Waals surface area contributed by atoms with E-state index >= 15 is 0 Å². The molecule has 0 bridgehead atoms. The molecule has 0 unspecified atom stereocenters. The number of thioether (sulfide) groups is 1. The first-order chi connectivity index (χ1) is 9.22. The zero-order valence-electron chi connectivity index (χ0n) is 10.3. The highest BCUT2D eigenvalue weighted by Crippen LogP contribution is 2.30. The molecule has 8 heteroatoms. The lowest BCUT2D eigenvalue weighted by molar-refractivity contribution is -0.140. The maximum absolute atomic E-state index is 11.8. The molecule has 3 rings (SSSR count). The molecule has 0 spiro atoms. The summed E-state index contributed by atoms with van der Waals surface area (Å²) in [6, 6.07) is 0.551. The van der Waals surface area contributed by atoms with Gasteiger partial charge >= 0.3 is 0 Å². The largest absolute Gasteiger partial charge is 0.357 e. The van der Waals surface area contributed by atoms with Gasteiger partial charge in [0.25, 0.3) is 0 Å². The van der Waals surface area contributed by atoms with E-state index in [0.717, 1.165) is 15.9 Å². The molecule has 1 N–H and O–H groups in total. The Morgan fingerprint density at radius 2 is 2.32 bits per heavy atom. The van der Waals surface area contributed by atoms with Crippen LogP contribution < -0.4 is 5.32 Å². The monoisotopic (exact) mass is 298 g/mol. The number of hydrogen-bond acceptors (Lipinski definition) is 7. The van der Waals surface area contributed by atoms with E-state index in [0.29, 0.717) is 19.0 Å². The van der Waals surface area contributed by atoms with Crippen LogP contribution in [0, 0.1) is 0 Å². The van der Waals surface area contributed by atoms with Gasteiger partial charge in [-0.15, -0.1) is 10.2 Å². The smallest absolute Gasteiger partial charge is 0.239 e. The standard InChI is InChI=1S/C11H14N4O2S2/c16-8-2-1-5-15(8)9(17)6-18-11-14-13-10(19-11)12-7-3-4-7/h7H,1-6H2,(H,12,13).